The van der Waals surface area contributed by atoms with Crippen molar-refractivity contribution in [1.29, 1.82) is 0 Å². The molecule has 0 saturated heterocycles. The molecule has 0 fully saturated rings. The maximum absolute atomic E-state index is 11.0. The molecule has 0 aliphatic rings. The van der Waals surface area contributed by atoms with Crippen LogP contribution in [0.5, 0.6) is 5.75 Å². The molecule has 0 bridgehead atoms. The molecule has 32 heavy (non-hydrogen) atoms. The van der Waals surface area contributed by atoms with Gasteiger partial charge in [0.2, 0.25) is 0 Å². The second kappa shape index (κ2) is 10.2. The van der Waals surface area contributed by atoms with Crippen molar-refractivity contribution in [1.82, 2.24) is 0 Å². The van der Waals surface area contributed by atoms with E-state index in [1.54, 1.807) is 23.5 Å². The summed E-state index contributed by atoms with van der Waals surface area (Å²) in [6.45, 7) is 0.268. The maximum atomic E-state index is 11.0. The molecule has 6 heteroatoms. The van der Waals surface area contributed by atoms with Crippen LogP contribution < -0.4 is 4.74 Å². The van der Waals surface area contributed by atoms with Gasteiger partial charge in [0.15, 0.2) is 0 Å². The molecule has 0 spiro atoms. The van der Waals surface area contributed by atoms with Gasteiger partial charge in [-0.3, -0.25) is 4.79 Å². The van der Waals surface area contributed by atoms with Gasteiger partial charge in [0.25, 0.3) is 0 Å². The first-order chi connectivity index (χ1) is 15.5. The van der Waals surface area contributed by atoms with Gasteiger partial charge < -0.3 is 9.84 Å². The Balaban J connectivity index is 1.60. The number of aliphatic carboxylic acids is 1. The molecule has 4 rings (SSSR count). The first-order valence-electron chi connectivity index (χ1n) is 10.1. The number of hydrogen-bond donors (Lipinski definition) is 1. The van der Waals surface area contributed by atoms with Crippen LogP contribution in [0.1, 0.15) is 17.5 Å². The number of thiophene rings is 1. The quantitative estimate of drug-likeness (QED) is 0.276. The molecule has 1 heterocycles. The molecule has 1 N–H and O–H groups in total. The van der Waals surface area contributed by atoms with E-state index in [9.17, 15) is 4.79 Å². The van der Waals surface area contributed by atoms with Crippen molar-refractivity contribution in [3.05, 3.63) is 99.3 Å². The lowest BCUT2D eigenvalue weighted by molar-refractivity contribution is -0.136. The van der Waals surface area contributed by atoms with E-state index in [1.807, 2.05) is 54.6 Å². The van der Waals surface area contributed by atoms with Crippen LogP contribution in [-0.4, -0.2) is 11.1 Å². The van der Waals surface area contributed by atoms with Gasteiger partial charge in [-0.25, -0.2) is 0 Å². The Morgan fingerprint density at radius 2 is 1.59 bits per heavy atom. The Morgan fingerprint density at radius 1 is 0.906 bits per heavy atom. The van der Waals surface area contributed by atoms with Gasteiger partial charge in [0.05, 0.1) is 0 Å². The van der Waals surface area contributed by atoms with E-state index in [4.69, 9.17) is 33.0 Å². The van der Waals surface area contributed by atoms with Gasteiger partial charge in [0.1, 0.15) is 12.4 Å². The summed E-state index contributed by atoms with van der Waals surface area (Å²) in [5, 5.41) is 12.3. The molecule has 4 aromatic rings. The summed E-state index contributed by atoms with van der Waals surface area (Å²) in [5.74, 6) is -0.0524. The molecule has 0 aliphatic carbocycles. The van der Waals surface area contributed by atoms with Crippen LogP contribution in [0.25, 0.3) is 21.6 Å². The van der Waals surface area contributed by atoms with Crippen molar-refractivity contribution >= 4 is 40.5 Å². The third-order valence-corrected chi connectivity index (χ3v) is 6.79. The average Bonchev–Trinajstić information content (AvgIpc) is 3.28. The van der Waals surface area contributed by atoms with Crippen molar-refractivity contribution in [2.75, 3.05) is 0 Å². The largest absolute Gasteiger partial charge is 0.488 e. The van der Waals surface area contributed by atoms with Crippen LogP contribution in [0.15, 0.2) is 78.2 Å². The van der Waals surface area contributed by atoms with Gasteiger partial charge in [-0.1, -0.05) is 71.7 Å². The number of ether oxygens (including phenoxy) is 1. The number of carboxylic acid groups (broad SMARTS) is 1. The first kappa shape index (κ1) is 22.4. The third-order valence-electron chi connectivity index (χ3n) is 5.12. The molecular formula is C26H20Cl2O3S. The highest BCUT2D eigenvalue weighted by molar-refractivity contribution is 7.14. The highest BCUT2D eigenvalue weighted by Gasteiger charge is 2.13. The van der Waals surface area contributed by atoms with E-state index in [-0.39, 0.29) is 13.0 Å². The number of para-hydroxylation sites is 1. The summed E-state index contributed by atoms with van der Waals surface area (Å²) in [7, 11) is 0. The summed E-state index contributed by atoms with van der Waals surface area (Å²) in [6, 6.07) is 23.3. The van der Waals surface area contributed by atoms with Crippen molar-refractivity contribution < 1.29 is 14.6 Å². The SMILES string of the molecule is O=C(O)CCc1ccccc1-c1cc(-c2ccccc2OCc2c(Cl)cccc2Cl)cs1. The highest BCUT2D eigenvalue weighted by atomic mass is 35.5. The zero-order chi connectivity index (χ0) is 22.5. The Kier molecular flexibility index (Phi) is 7.15. The molecule has 0 saturated carbocycles. The van der Waals surface area contributed by atoms with Crippen LogP contribution >= 0.6 is 34.5 Å². The van der Waals surface area contributed by atoms with Gasteiger partial charge in [-0.05, 0) is 52.8 Å². The van der Waals surface area contributed by atoms with Crippen molar-refractivity contribution in [3.63, 3.8) is 0 Å². The lowest BCUT2D eigenvalue weighted by Crippen LogP contribution is -1.98. The summed E-state index contributed by atoms with van der Waals surface area (Å²) in [4.78, 5) is 12.1. The molecule has 3 aromatic carbocycles. The Bertz CT molecular complexity index is 1230. The Hall–Kier alpha value is -2.79. The van der Waals surface area contributed by atoms with Gasteiger partial charge in [0, 0.05) is 32.5 Å². The van der Waals surface area contributed by atoms with Crippen molar-refractivity contribution in [2.45, 2.75) is 19.4 Å². The minimum Gasteiger partial charge on any atom is -0.488 e. The van der Waals surface area contributed by atoms with Crippen LogP contribution in [0.3, 0.4) is 0 Å². The standard InChI is InChI=1S/C26H20Cl2O3S/c27-22-9-5-10-23(28)21(22)15-31-24-11-4-3-7-19(24)18-14-25(32-16-18)20-8-2-1-6-17(20)12-13-26(29)30/h1-11,14,16H,12-13,15H2,(H,29,30). The first-order valence-corrected chi connectivity index (χ1v) is 11.7. The summed E-state index contributed by atoms with van der Waals surface area (Å²) < 4.78 is 6.11. The zero-order valence-corrected chi connectivity index (χ0v) is 19.4. The van der Waals surface area contributed by atoms with Gasteiger partial charge in [-0.2, -0.15) is 0 Å². The predicted molar refractivity (Wildman–Crippen MR) is 132 cm³/mol. The van der Waals surface area contributed by atoms with Crippen LogP contribution in [0, 0.1) is 0 Å². The predicted octanol–water partition coefficient (Wildman–Crippen LogP) is 7.99. The van der Waals surface area contributed by atoms with E-state index in [1.165, 1.54) is 0 Å². The summed E-state index contributed by atoms with van der Waals surface area (Å²) in [6.07, 6.45) is 0.605. The molecule has 3 nitrogen and oxygen atoms in total. The topological polar surface area (TPSA) is 46.5 Å². The fraction of sp³-hybridized carbons (Fsp3) is 0.115. The van der Waals surface area contributed by atoms with Crippen molar-refractivity contribution in [2.24, 2.45) is 0 Å². The smallest absolute Gasteiger partial charge is 0.303 e. The normalized spacial score (nSPS) is 10.8. The molecule has 0 aliphatic heterocycles. The lowest BCUT2D eigenvalue weighted by Gasteiger charge is -2.12. The fourth-order valence-corrected chi connectivity index (χ4v) is 4.97. The van der Waals surface area contributed by atoms with Gasteiger partial charge in [-0.15, -0.1) is 11.3 Å². The number of carboxylic acids is 1. The maximum Gasteiger partial charge on any atom is 0.303 e. The molecule has 0 radical (unpaired) electrons. The monoisotopic (exact) mass is 482 g/mol. The number of benzene rings is 3. The second-order valence-corrected chi connectivity index (χ2v) is 8.96. The Morgan fingerprint density at radius 3 is 2.34 bits per heavy atom. The molecular weight excluding hydrogens is 463 g/mol. The average molecular weight is 483 g/mol. The number of carbonyl (C=O) groups is 1. The lowest BCUT2D eigenvalue weighted by atomic mass is 10.0. The molecule has 162 valence electrons. The molecule has 0 amide bonds. The van der Waals surface area contributed by atoms with E-state index in [0.717, 1.165) is 38.4 Å². The molecule has 0 atom stereocenters. The number of aryl methyl sites for hydroxylation is 1. The third kappa shape index (κ3) is 5.16. The van der Waals surface area contributed by atoms with E-state index >= 15 is 0 Å². The van der Waals surface area contributed by atoms with Crippen molar-refractivity contribution in [3.8, 4) is 27.3 Å². The zero-order valence-electron chi connectivity index (χ0n) is 17.1. The van der Waals surface area contributed by atoms with Crippen LogP contribution in [0.4, 0.5) is 0 Å². The summed E-state index contributed by atoms with van der Waals surface area (Å²) in [5.41, 5.74) is 4.86. The molecule has 0 unspecified atom stereocenters. The number of rotatable bonds is 8. The van der Waals surface area contributed by atoms with E-state index in [0.29, 0.717) is 16.5 Å². The summed E-state index contributed by atoms with van der Waals surface area (Å²) >= 11 is 14.2. The van der Waals surface area contributed by atoms with Crippen LogP contribution in [0.2, 0.25) is 10.0 Å². The minimum atomic E-state index is -0.795. The van der Waals surface area contributed by atoms with E-state index in [2.05, 4.69) is 11.4 Å². The minimum absolute atomic E-state index is 0.108. The fourth-order valence-electron chi connectivity index (χ4n) is 3.49. The number of halogens is 2. The van der Waals surface area contributed by atoms with E-state index < -0.39 is 5.97 Å². The van der Waals surface area contributed by atoms with Gasteiger partial charge >= 0.3 is 5.97 Å². The molecule has 1 aromatic heterocycles. The second-order valence-electron chi connectivity index (χ2n) is 7.24. The van der Waals surface area contributed by atoms with Crippen LogP contribution in [-0.2, 0) is 17.8 Å². The number of hydrogen-bond acceptors (Lipinski definition) is 3. The Labute approximate surface area is 200 Å². The highest BCUT2D eigenvalue weighted by Crippen LogP contribution is 2.38.